The minimum absolute atomic E-state index is 0.0371. The second-order valence-corrected chi connectivity index (χ2v) is 9.26. The number of nitrogens with zero attached hydrogens (tertiary/aromatic N) is 4. The van der Waals surface area contributed by atoms with E-state index in [0.717, 1.165) is 33.8 Å². The molecule has 5 heteroatoms. The lowest BCUT2D eigenvalue weighted by molar-refractivity contribution is -0.123. The molecule has 0 fully saturated rings. The molecule has 0 saturated heterocycles. The molecule has 0 aliphatic carbocycles. The molecule has 3 aromatic carbocycles. The fourth-order valence-corrected chi connectivity index (χ4v) is 5.31. The predicted octanol–water partition coefficient (Wildman–Crippen LogP) is 6.30. The minimum Gasteiger partial charge on any atom is -0.272 e. The summed E-state index contributed by atoms with van der Waals surface area (Å²) < 4.78 is 0. The third kappa shape index (κ3) is 4.15. The SMILES string of the molecule is O=C1N(N(c2ccccc2)c2ccccc2)c2ccccc2C1(Cc1ccncc1)Cc1ccncc1. The Morgan fingerprint density at radius 2 is 1.05 bits per heavy atom. The van der Waals surface area contributed by atoms with Crippen LogP contribution in [0.25, 0.3) is 0 Å². The molecular weight excluding hydrogens is 456 g/mol. The van der Waals surface area contributed by atoms with Gasteiger partial charge in [0.15, 0.2) is 0 Å². The van der Waals surface area contributed by atoms with E-state index in [1.807, 2.05) is 113 Å². The Bertz CT molecular complexity index is 1410. The molecular formula is C32H26N4O. The van der Waals surface area contributed by atoms with Gasteiger partial charge in [-0.05, 0) is 84.1 Å². The van der Waals surface area contributed by atoms with Gasteiger partial charge in [-0.2, -0.15) is 0 Å². The third-order valence-electron chi connectivity index (χ3n) is 6.96. The number of amides is 1. The Morgan fingerprint density at radius 1 is 0.595 bits per heavy atom. The standard InChI is InChI=1S/C32H26N4O/c37-31-32(23-25-15-19-33-20-16-25,24-26-17-21-34-22-18-26)29-13-7-8-14-30(29)36(31)35(27-9-3-1-4-10-27)28-11-5-2-6-12-28/h1-22H,23-24H2. The maximum atomic E-state index is 14.9. The van der Waals surface area contributed by atoms with Gasteiger partial charge in [0, 0.05) is 24.8 Å². The smallest absolute Gasteiger partial charge is 0.257 e. The molecule has 5 nitrogen and oxygen atoms in total. The van der Waals surface area contributed by atoms with Crippen LogP contribution in [0.15, 0.2) is 134 Å². The van der Waals surface area contributed by atoms with Gasteiger partial charge in [-0.3, -0.25) is 14.8 Å². The summed E-state index contributed by atoms with van der Waals surface area (Å²) in [6, 6.07) is 36.3. The summed E-state index contributed by atoms with van der Waals surface area (Å²) in [6.07, 6.45) is 8.28. The van der Waals surface area contributed by atoms with Crippen LogP contribution >= 0.6 is 0 Å². The van der Waals surface area contributed by atoms with Crippen molar-refractivity contribution >= 4 is 23.0 Å². The van der Waals surface area contributed by atoms with Gasteiger partial charge in [-0.15, -0.1) is 0 Å². The van der Waals surface area contributed by atoms with E-state index in [2.05, 4.69) is 16.0 Å². The molecule has 1 amide bonds. The zero-order chi connectivity index (χ0) is 25.1. The van der Waals surface area contributed by atoms with Gasteiger partial charge in [0.2, 0.25) is 0 Å². The normalized spacial score (nSPS) is 13.8. The first kappa shape index (κ1) is 22.7. The number of fused-ring (bicyclic) bond motifs is 1. The van der Waals surface area contributed by atoms with Crippen molar-refractivity contribution in [2.45, 2.75) is 18.3 Å². The van der Waals surface area contributed by atoms with Crippen LogP contribution in [0.5, 0.6) is 0 Å². The molecule has 0 unspecified atom stereocenters. The van der Waals surface area contributed by atoms with E-state index in [9.17, 15) is 4.79 Å². The van der Waals surface area contributed by atoms with Gasteiger partial charge in [-0.25, -0.2) is 10.0 Å². The Hall–Kier alpha value is -4.77. The largest absolute Gasteiger partial charge is 0.272 e. The molecule has 3 heterocycles. The lowest BCUT2D eigenvalue weighted by atomic mass is 9.72. The molecule has 37 heavy (non-hydrogen) atoms. The molecule has 2 aromatic heterocycles. The number of benzene rings is 3. The predicted molar refractivity (Wildman–Crippen MR) is 147 cm³/mol. The zero-order valence-electron chi connectivity index (χ0n) is 20.3. The zero-order valence-corrected chi connectivity index (χ0v) is 20.3. The number of rotatable bonds is 7. The highest BCUT2D eigenvalue weighted by atomic mass is 16.2. The van der Waals surface area contributed by atoms with E-state index in [1.54, 1.807) is 24.8 Å². The van der Waals surface area contributed by atoms with Crippen molar-refractivity contribution in [3.8, 4) is 0 Å². The number of aromatic nitrogens is 2. The van der Waals surface area contributed by atoms with Gasteiger partial charge in [0.05, 0.1) is 22.5 Å². The van der Waals surface area contributed by atoms with E-state index in [0.29, 0.717) is 12.8 Å². The van der Waals surface area contributed by atoms with E-state index in [1.165, 1.54) is 0 Å². The van der Waals surface area contributed by atoms with Gasteiger partial charge in [0.1, 0.15) is 0 Å². The van der Waals surface area contributed by atoms with Crippen LogP contribution < -0.4 is 10.0 Å². The number of anilines is 3. The molecule has 1 aliphatic heterocycles. The maximum Gasteiger partial charge on any atom is 0.257 e. The van der Waals surface area contributed by atoms with Crippen molar-refractivity contribution in [2.75, 3.05) is 10.0 Å². The lowest BCUT2D eigenvalue weighted by Gasteiger charge is -2.36. The average molecular weight is 483 g/mol. The highest BCUT2D eigenvalue weighted by Gasteiger charge is 2.52. The summed E-state index contributed by atoms with van der Waals surface area (Å²) in [5.41, 5.74) is 5.08. The maximum absolute atomic E-state index is 14.9. The Labute approximate surface area is 216 Å². The molecule has 0 saturated carbocycles. The summed E-state index contributed by atoms with van der Waals surface area (Å²) in [5.74, 6) is 0.0371. The van der Waals surface area contributed by atoms with Crippen molar-refractivity contribution in [1.82, 2.24) is 9.97 Å². The van der Waals surface area contributed by atoms with Crippen LogP contribution in [-0.4, -0.2) is 15.9 Å². The first-order chi connectivity index (χ1) is 18.3. The Balaban J connectivity index is 1.56. The summed E-state index contributed by atoms with van der Waals surface area (Å²) in [4.78, 5) is 23.3. The van der Waals surface area contributed by atoms with Crippen LogP contribution in [0.2, 0.25) is 0 Å². The molecule has 0 N–H and O–H groups in total. The fraction of sp³-hybridized carbons (Fsp3) is 0.0938. The quantitative estimate of drug-likeness (QED) is 0.273. The van der Waals surface area contributed by atoms with Gasteiger partial charge < -0.3 is 0 Å². The van der Waals surface area contributed by atoms with Crippen LogP contribution in [0.3, 0.4) is 0 Å². The highest BCUT2D eigenvalue weighted by molar-refractivity contribution is 6.11. The van der Waals surface area contributed by atoms with Crippen molar-refractivity contribution in [2.24, 2.45) is 0 Å². The Morgan fingerprint density at radius 3 is 1.57 bits per heavy atom. The molecule has 0 radical (unpaired) electrons. The van der Waals surface area contributed by atoms with Gasteiger partial charge in [0.25, 0.3) is 5.91 Å². The van der Waals surface area contributed by atoms with E-state index < -0.39 is 5.41 Å². The first-order valence-electron chi connectivity index (χ1n) is 12.4. The summed E-state index contributed by atoms with van der Waals surface area (Å²) in [6.45, 7) is 0. The lowest BCUT2D eigenvalue weighted by Crippen LogP contribution is -2.49. The summed E-state index contributed by atoms with van der Waals surface area (Å²) in [5, 5.41) is 3.89. The monoisotopic (exact) mass is 482 g/mol. The number of hydrazine groups is 1. The molecule has 5 aromatic rings. The van der Waals surface area contributed by atoms with Crippen LogP contribution in [0.1, 0.15) is 16.7 Å². The average Bonchev–Trinajstić information content (AvgIpc) is 3.19. The number of hydrogen-bond donors (Lipinski definition) is 0. The topological polar surface area (TPSA) is 49.3 Å². The third-order valence-corrected chi connectivity index (χ3v) is 6.96. The molecule has 1 aliphatic rings. The molecule has 0 bridgehead atoms. The van der Waals surface area contributed by atoms with Crippen LogP contribution in [0, 0.1) is 0 Å². The van der Waals surface area contributed by atoms with Crippen LogP contribution in [-0.2, 0) is 23.1 Å². The van der Waals surface area contributed by atoms with Crippen molar-refractivity contribution in [1.29, 1.82) is 0 Å². The number of pyridine rings is 2. The van der Waals surface area contributed by atoms with Crippen LogP contribution in [0.4, 0.5) is 17.1 Å². The summed E-state index contributed by atoms with van der Waals surface area (Å²) in [7, 11) is 0. The molecule has 6 rings (SSSR count). The molecule has 0 atom stereocenters. The second kappa shape index (κ2) is 9.70. The van der Waals surface area contributed by atoms with Crippen molar-refractivity contribution in [3.05, 3.63) is 151 Å². The molecule has 0 spiro atoms. The minimum atomic E-state index is -0.804. The number of carbonyl (C=O) groups is 1. The number of hydrogen-bond acceptors (Lipinski definition) is 4. The van der Waals surface area contributed by atoms with E-state index in [4.69, 9.17) is 0 Å². The Kier molecular flexibility index (Phi) is 5.95. The van der Waals surface area contributed by atoms with Crippen molar-refractivity contribution < 1.29 is 4.79 Å². The van der Waals surface area contributed by atoms with Gasteiger partial charge >= 0.3 is 0 Å². The van der Waals surface area contributed by atoms with E-state index >= 15 is 0 Å². The second-order valence-electron chi connectivity index (χ2n) is 9.26. The van der Waals surface area contributed by atoms with Gasteiger partial charge in [-0.1, -0.05) is 54.6 Å². The van der Waals surface area contributed by atoms with E-state index in [-0.39, 0.29) is 5.91 Å². The first-order valence-corrected chi connectivity index (χ1v) is 12.4. The number of para-hydroxylation sites is 3. The fourth-order valence-electron chi connectivity index (χ4n) is 5.31. The molecule has 180 valence electrons. The highest BCUT2D eigenvalue weighted by Crippen LogP contribution is 2.48. The summed E-state index contributed by atoms with van der Waals surface area (Å²) >= 11 is 0. The van der Waals surface area contributed by atoms with Crippen molar-refractivity contribution in [3.63, 3.8) is 0 Å². The number of carbonyl (C=O) groups excluding carboxylic acids is 1.